The molecule has 1 aliphatic rings. The lowest BCUT2D eigenvalue weighted by atomic mass is 10.0. The van der Waals surface area contributed by atoms with E-state index in [0.29, 0.717) is 37.4 Å². The Bertz CT molecular complexity index is 1310. The second kappa shape index (κ2) is 12.5. The first-order chi connectivity index (χ1) is 17.8. The summed E-state index contributed by atoms with van der Waals surface area (Å²) in [6.45, 7) is 1.25. The molecule has 0 unspecified atom stereocenters. The Labute approximate surface area is 223 Å². The average molecular weight is 539 g/mol. The lowest BCUT2D eigenvalue weighted by Crippen LogP contribution is -2.37. The standard InChI is InChI=1S/C29H31ClN2O4S/c30-25-15-17-28(18-16-25)37(35,36)31-26-19-27(9-5-2-6-10-29(33)34)32(21-26)20-22-11-13-24(14-12-22)23-7-3-1-4-8-23/h1,3-5,7-9,11-18,26-27,31H,2,6,10,19-21H2,(H,33,34)/b9-5-/t26-,27-/m1/s1. The minimum atomic E-state index is -3.68. The highest BCUT2D eigenvalue weighted by Crippen LogP contribution is 2.26. The molecule has 194 valence electrons. The Hall–Kier alpha value is -2.97. The molecular formula is C29H31ClN2O4S. The molecule has 0 spiro atoms. The van der Waals surface area contributed by atoms with Gasteiger partial charge in [-0.05, 0) is 60.2 Å². The lowest BCUT2D eigenvalue weighted by Gasteiger charge is -2.22. The van der Waals surface area contributed by atoms with E-state index in [1.807, 2.05) is 24.3 Å². The van der Waals surface area contributed by atoms with Gasteiger partial charge in [0.15, 0.2) is 0 Å². The predicted octanol–water partition coefficient (Wildman–Crippen LogP) is 5.74. The van der Waals surface area contributed by atoms with Gasteiger partial charge in [0.2, 0.25) is 10.0 Å². The van der Waals surface area contributed by atoms with Gasteiger partial charge in [0.25, 0.3) is 0 Å². The Morgan fingerprint density at radius 3 is 2.35 bits per heavy atom. The molecule has 0 bridgehead atoms. The second-order valence-electron chi connectivity index (χ2n) is 9.28. The number of rotatable bonds is 11. The number of hydrogen-bond acceptors (Lipinski definition) is 4. The number of nitrogens with one attached hydrogen (secondary N) is 1. The van der Waals surface area contributed by atoms with Crippen LogP contribution >= 0.6 is 11.6 Å². The maximum atomic E-state index is 13.0. The minimum absolute atomic E-state index is 0.0385. The fourth-order valence-electron chi connectivity index (χ4n) is 4.59. The number of carboxylic acids is 1. The molecule has 6 nitrogen and oxygen atoms in total. The summed E-state index contributed by atoms with van der Waals surface area (Å²) in [5.41, 5.74) is 3.45. The number of halogens is 1. The summed E-state index contributed by atoms with van der Waals surface area (Å²) >= 11 is 5.92. The predicted molar refractivity (Wildman–Crippen MR) is 147 cm³/mol. The van der Waals surface area contributed by atoms with E-state index in [-0.39, 0.29) is 23.4 Å². The lowest BCUT2D eigenvalue weighted by molar-refractivity contribution is -0.137. The van der Waals surface area contributed by atoms with Crippen LogP contribution in [0.1, 0.15) is 31.2 Å². The van der Waals surface area contributed by atoms with Gasteiger partial charge in [0.1, 0.15) is 0 Å². The Kier molecular flexibility index (Phi) is 9.16. The third kappa shape index (κ3) is 7.76. The number of benzene rings is 3. The zero-order valence-electron chi connectivity index (χ0n) is 20.5. The topological polar surface area (TPSA) is 86.7 Å². The van der Waals surface area contributed by atoms with Crippen LogP contribution in [-0.2, 0) is 21.4 Å². The Morgan fingerprint density at radius 2 is 1.68 bits per heavy atom. The molecule has 0 aliphatic carbocycles. The van der Waals surface area contributed by atoms with Crippen LogP contribution < -0.4 is 4.72 Å². The number of hydrogen-bond donors (Lipinski definition) is 2. The summed E-state index contributed by atoms with van der Waals surface area (Å²) in [5.74, 6) is -0.800. The molecule has 37 heavy (non-hydrogen) atoms. The van der Waals surface area contributed by atoms with E-state index in [1.54, 1.807) is 12.1 Å². The van der Waals surface area contributed by atoms with Crippen LogP contribution in [0.4, 0.5) is 0 Å². The smallest absolute Gasteiger partial charge is 0.303 e. The van der Waals surface area contributed by atoms with Crippen LogP contribution in [-0.4, -0.2) is 43.0 Å². The summed E-state index contributed by atoms with van der Waals surface area (Å²) in [6, 6.07) is 24.6. The minimum Gasteiger partial charge on any atom is -0.481 e. The summed E-state index contributed by atoms with van der Waals surface area (Å²) in [5, 5.41) is 9.35. The van der Waals surface area contributed by atoms with Gasteiger partial charge in [-0.2, -0.15) is 0 Å². The number of aliphatic carboxylic acids is 1. The third-order valence-corrected chi connectivity index (χ3v) is 8.25. The highest BCUT2D eigenvalue weighted by molar-refractivity contribution is 7.89. The van der Waals surface area contributed by atoms with Gasteiger partial charge in [-0.1, -0.05) is 78.4 Å². The SMILES string of the molecule is O=C(O)CCC/C=C\[C@@H]1C[C@@H](NS(=O)(=O)c2ccc(Cl)cc2)CN1Cc1ccc(-c2ccccc2)cc1. The maximum Gasteiger partial charge on any atom is 0.303 e. The van der Waals surface area contributed by atoms with Crippen molar-refractivity contribution >= 4 is 27.6 Å². The number of carboxylic acid groups (broad SMARTS) is 1. The molecule has 0 amide bonds. The molecule has 3 aromatic carbocycles. The van der Waals surface area contributed by atoms with Gasteiger partial charge in [-0.25, -0.2) is 13.1 Å². The molecule has 0 saturated carbocycles. The first-order valence-electron chi connectivity index (χ1n) is 12.3. The van der Waals surface area contributed by atoms with Crippen molar-refractivity contribution in [1.82, 2.24) is 9.62 Å². The van der Waals surface area contributed by atoms with Gasteiger partial charge < -0.3 is 5.11 Å². The molecule has 1 fully saturated rings. The van der Waals surface area contributed by atoms with Crippen molar-refractivity contribution in [3.8, 4) is 11.1 Å². The van der Waals surface area contributed by atoms with Crippen LogP contribution in [0.5, 0.6) is 0 Å². The molecule has 8 heteroatoms. The van der Waals surface area contributed by atoms with Crippen LogP contribution in [0.3, 0.4) is 0 Å². The number of unbranched alkanes of at least 4 members (excludes halogenated alkanes) is 1. The number of likely N-dealkylation sites (tertiary alicyclic amines) is 1. The zero-order valence-corrected chi connectivity index (χ0v) is 22.0. The van der Waals surface area contributed by atoms with Crippen LogP contribution in [0.15, 0.2) is 95.9 Å². The van der Waals surface area contributed by atoms with Crippen molar-refractivity contribution in [3.05, 3.63) is 102 Å². The van der Waals surface area contributed by atoms with Gasteiger partial charge in [0.05, 0.1) is 4.90 Å². The molecule has 1 aliphatic heterocycles. The Balaban J connectivity index is 1.46. The molecule has 2 atom stereocenters. The molecule has 0 aromatic heterocycles. The second-order valence-corrected chi connectivity index (χ2v) is 11.4. The first kappa shape index (κ1) is 27.1. The van der Waals surface area contributed by atoms with Crippen molar-refractivity contribution in [1.29, 1.82) is 0 Å². The monoisotopic (exact) mass is 538 g/mol. The fourth-order valence-corrected chi connectivity index (χ4v) is 5.96. The molecular weight excluding hydrogens is 508 g/mol. The van der Waals surface area contributed by atoms with Crippen molar-refractivity contribution in [2.45, 2.75) is 49.2 Å². The summed E-state index contributed by atoms with van der Waals surface area (Å²) < 4.78 is 28.8. The number of nitrogens with zero attached hydrogens (tertiary/aromatic N) is 1. The highest BCUT2D eigenvalue weighted by Gasteiger charge is 2.33. The fraction of sp³-hybridized carbons (Fsp3) is 0.276. The molecule has 4 rings (SSSR count). The first-order valence-corrected chi connectivity index (χ1v) is 14.2. The van der Waals surface area contributed by atoms with E-state index in [9.17, 15) is 13.2 Å². The molecule has 0 radical (unpaired) electrons. The average Bonchev–Trinajstić information content (AvgIpc) is 3.24. The third-order valence-electron chi connectivity index (χ3n) is 6.46. The van der Waals surface area contributed by atoms with Crippen molar-refractivity contribution in [2.24, 2.45) is 0 Å². The van der Waals surface area contributed by atoms with Crippen LogP contribution in [0.25, 0.3) is 11.1 Å². The van der Waals surface area contributed by atoms with E-state index in [1.165, 1.54) is 12.1 Å². The summed E-state index contributed by atoms with van der Waals surface area (Å²) in [4.78, 5) is 13.2. The summed E-state index contributed by atoms with van der Waals surface area (Å²) in [7, 11) is -3.68. The quantitative estimate of drug-likeness (QED) is 0.240. The highest BCUT2D eigenvalue weighted by atomic mass is 35.5. The number of allylic oxidation sites excluding steroid dienone is 1. The number of carbonyl (C=O) groups is 1. The zero-order chi connectivity index (χ0) is 26.3. The largest absolute Gasteiger partial charge is 0.481 e. The molecule has 3 aromatic rings. The normalized spacial score (nSPS) is 18.4. The van der Waals surface area contributed by atoms with E-state index in [2.05, 4.69) is 52.1 Å². The van der Waals surface area contributed by atoms with E-state index < -0.39 is 16.0 Å². The van der Waals surface area contributed by atoms with Gasteiger partial charge in [-0.15, -0.1) is 0 Å². The van der Waals surface area contributed by atoms with Crippen molar-refractivity contribution in [2.75, 3.05) is 6.54 Å². The van der Waals surface area contributed by atoms with Crippen LogP contribution in [0.2, 0.25) is 5.02 Å². The van der Waals surface area contributed by atoms with Gasteiger partial charge in [0, 0.05) is 36.6 Å². The van der Waals surface area contributed by atoms with E-state index >= 15 is 0 Å². The van der Waals surface area contributed by atoms with Gasteiger partial charge in [-0.3, -0.25) is 9.69 Å². The maximum absolute atomic E-state index is 13.0. The molecule has 2 N–H and O–H groups in total. The van der Waals surface area contributed by atoms with Crippen molar-refractivity contribution < 1.29 is 18.3 Å². The van der Waals surface area contributed by atoms with E-state index in [4.69, 9.17) is 16.7 Å². The van der Waals surface area contributed by atoms with Crippen LogP contribution in [0, 0.1) is 0 Å². The Morgan fingerprint density at radius 1 is 1.00 bits per heavy atom. The van der Waals surface area contributed by atoms with Crippen molar-refractivity contribution in [3.63, 3.8) is 0 Å². The molecule has 1 heterocycles. The summed E-state index contributed by atoms with van der Waals surface area (Å²) in [6.07, 6.45) is 6.10. The molecule has 1 saturated heterocycles. The van der Waals surface area contributed by atoms with Gasteiger partial charge >= 0.3 is 5.97 Å². The van der Waals surface area contributed by atoms with E-state index in [0.717, 1.165) is 16.7 Å². The number of sulfonamides is 1.